The minimum Gasteiger partial charge on any atom is -0.390 e. The first kappa shape index (κ1) is 18.9. The van der Waals surface area contributed by atoms with Crippen LogP contribution in [0.3, 0.4) is 0 Å². The Morgan fingerprint density at radius 2 is 2.00 bits per heavy atom. The van der Waals surface area contributed by atoms with E-state index in [0.717, 1.165) is 44.9 Å². The van der Waals surface area contributed by atoms with E-state index < -0.39 is 5.60 Å². The first-order chi connectivity index (χ1) is 12.5. The van der Waals surface area contributed by atoms with Gasteiger partial charge in [-0.25, -0.2) is 4.98 Å². The van der Waals surface area contributed by atoms with Gasteiger partial charge in [0.25, 0.3) is 0 Å². The Kier molecular flexibility index (Phi) is 5.94. The summed E-state index contributed by atoms with van der Waals surface area (Å²) < 4.78 is 5.41. The lowest BCUT2D eigenvalue weighted by atomic mass is 9.83. The fourth-order valence-electron chi connectivity index (χ4n) is 4.05. The van der Waals surface area contributed by atoms with Crippen molar-refractivity contribution in [3.63, 3.8) is 0 Å². The van der Waals surface area contributed by atoms with Gasteiger partial charge in [0.15, 0.2) is 0 Å². The third kappa shape index (κ3) is 4.83. The normalized spacial score (nSPS) is 31.8. The van der Waals surface area contributed by atoms with E-state index in [2.05, 4.69) is 26.7 Å². The molecule has 1 heterocycles. The minimum atomic E-state index is -0.656. The number of anilines is 2. The van der Waals surface area contributed by atoms with Crippen molar-refractivity contribution in [1.82, 2.24) is 9.97 Å². The number of hydrogen-bond acceptors (Lipinski definition) is 7. The molecule has 0 bridgehead atoms. The second-order valence-electron chi connectivity index (χ2n) is 7.86. The maximum Gasteiger partial charge on any atom is 0.224 e. The topological polar surface area (TPSA) is 103 Å². The fourth-order valence-corrected chi connectivity index (χ4v) is 4.05. The standard InChI is InChI=1S/C19H29N5O2/c1-19(25)9-3-4-15(10-19)22-17-13(11-20)12-21-18(24-17)23-14-5-7-16(26-2)8-6-14/h12,14-16,25H,3-10H2,1-2H3,(H2,21,22,23,24)/t14-,15-,16-,19?/m1/s1. The SMILES string of the molecule is CO[C@H]1CC[C@H](Nc2ncc(C#N)c(N[C@@H]3CCCC(C)(O)C3)n2)CC1. The average Bonchev–Trinajstić information content (AvgIpc) is 2.62. The van der Waals surface area contributed by atoms with E-state index >= 15 is 0 Å². The van der Waals surface area contributed by atoms with Gasteiger partial charge in [0.2, 0.25) is 5.95 Å². The number of ether oxygens (including phenoxy) is 1. The highest BCUT2D eigenvalue weighted by atomic mass is 16.5. The number of nitrogens with zero attached hydrogens (tertiary/aromatic N) is 3. The van der Waals surface area contributed by atoms with E-state index in [4.69, 9.17) is 4.74 Å². The maximum atomic E-state index is 10.3. The van der Waals surface area contributed by atoms with Crippen molar-refractivity contribution in [3.8, 4) is 6.07 Å². The summed E-state index contributed by atoms with van der Waals surface area (Å²) in [7, 11) is 1.77. The van der Waals surface area contributed by atoms with Crippen LogP contribution in [-0.4, -0.2) is 46.0 Å². The van der Waals surface area contributed by atoms with Crippen LogP contribution in [0.5, 0.6) is 0 Å². The Balaban J connectivity index is 1.66. The van der Waals surface area contributed by atoms with Crippen molar-refractivity contribution >= 4 is 11.8 Å². The van der Waals surface area contributed by atoms with Crippen LogP contribution in [0.4, 0.5) is 11.8 Å². The van der Waals surface area contributed by atoms with Crippen LogP contribution >= 0.6 is 0 Å². The van der Waals surface area contributed by atoms with Crippen LogP contribution in [0.2, 0.25) is 0 Å². The molecule has 0 aliphatic heterocycles. The van der Waals surface area contributed by atoms with E-state index in [9.17, 15) is 10.4 Å². The number of hydrogen-bond donors (Lipinski definition) is 3. The molecule has 2 fully saturated rings. The second-order valence-corrected chi connectivity index (χ2v) is 7.86. The molecule has 0 aromatic carbocycles. The molecule has 142 valence electrons. The minimum absolute atomic E-state index is 0.116. The first-order valence-corrected chi connectivity index (χ1v) is 9.54. The molecule has 3 N–H and O–H groups in total. The third-order valence-corrected chi connectivity index (χ3v) is 5.54. The van der Waals surface area contributed by atoms with Crippen LogP contribution in [-0.2, 0) is 4.74 Å². The summed E-state index contributed by atoms with van der Waals surface area (Å²) in [5, 5.41) is 26.4. The first-order valence-electron chi connectivity index (χ1n) is 9.54. The van der Waals surface area contributed by atoms with E-state index in [1.54, 1.807) is 13.3 Å². The molecule has 0 radical (unpaired) electrons. The Morgan fingerprint density at radius 1 is 1.23 bits per heavy atom. The molecule has 2 aliphatic carbocycles. The van der Waals surface area contributed by atoms with Gasteiger partial charge in [-0.15, -0.1) is 0 Å². The van der Waals surface area contributed by atoms with Gasteiger partial charge >= 0.3 is 0 Å². The van der Waals surface area contributed by atoms with E-state index in [1.807, 2.05) is 6.92 Å². The lowest BCUT2D eigenvalue weighted by Crippen LogP contribution is -2.38. The van der Waals surface area contributed by atoms with Gasteiger partial charge in [-0.1, -0.05) is 0 Å². The number of nitrogens with one attached hydrogen (secondary N) is 2. The van der Waals surface area contributed by atoms with E-state index in [0.29, 0.717) is 35.9 Å². The zero-order valence-corrected chi connectivity index (χ0v) is 15.7. The summed E-state index contributed by atoms with van der Waals surface area (Å²) in [6.07, 6.45) is 9.44. The molecule has 2 saturated carbocycles. The molecule has 3 rings (SSSR count). The lowest BCUT2D eigenvalue weighted by molar-refractivity contribution is 0.0182. The van der Waals surface area contributed by atoms with Gasteiger partial charge in [-0.05, 0) is 58.3 Å². The highest BCUT2D eigenvalue weighted by molar-refractivity contribution is 5.54. The summed E-state index contributed by atoms with van der Waals surface area (Å²) in [4.78, 5) is 8.85. The van der Waals surface area contributed by atoms with Crippen LogP contribution in [0.1, 0.15) is 63.9 Å². The van der Waals surface area contributed by atoms with Crippen molar-refractivity contribution in [2.75, 3.05) is 17.7 Å². The Bertz CT molecular complexity index is 650. The molecule has 0 saturated heterocycles. The summed E-state index contributed by atoms with van der Waals surface area (Å²) in [5.74, 6) is 1.10. The number of rotatable bonds is 5. The summed E-state index contributed by atoms with van der Waals surface area (Å²) in [6, 6.07) is 2.60. The second kappa shape index (κ2) is 8.19. The Labute approximate surface area is 155 Å². The molecule has 2 atom stereocenters. The van der Waals surface area contributed by atoms with Gasteiger partial charge in [0, 0.05) is 19.2 Å². The van der Waals surface area contributed by atoms with Crippen molar-refractivity contribution in [3.05, 3.63) is 11.8 Å². The number of methoxy groups -OCH3 is 1. The fraction of sp³-hybridized carbons (Fsp3) is 0.737. The monoisotopic (exact) mass is 359 g/mol. The van der Waals surface area contributed by atoms with Gasteiger partial charge in [-0.3, -0.25) is 0 Å². The van der Waals surface area contributed by atoms with Gasteiger partial charge in [0.1, 0.15) is 17.5 Å². The van der Waals surface area contributed by atoms with Crippen molar-refractivity contribution in [2.45, 2.75) is 82.1 Å². The molecular formula is C19H29N5O2. The van der Waals surface area contributed by atoms with Crippen LogP contribution in [0.15, 0.2) is 6.20 Å². The van der Waals surface area contributed by atoms with Gasteiger partial charge < -0.3 is 20.5 Å². The molecule has 1 aromatic heterocycles. The largest absolute Gasteiger partial charge is 0.390 e. The van der Waals surface area contributed by atoms with Gasteiger partial charge in [0.05, 0.1) is 17.9 Å². The predicted octanol–water partition coefficient (Wildman–Crippen LogP) is 2.82. The summed E-state index contributed by atoms with van der Waals surface area (Å²) in [6.45, 7) is 1.87. The number of aliphatic hydroxyl groups is 1. The van der Waals surface area contributed by atoms with Crippen molar-refractivity contribution < 1.29 is 9.84 Å². The Hall–Kier alpha value is -1.91. The quantitative estimate of drug-likeness (QED) is 0.743. The zero-order valence-electron chi connectivity index (χ0n) is 15.7. The van der Waals surface area contributed by atoms with Gasteiger partial charge in [-0.2, -0.15) is 10.2 Å². The van der Waals surface area contributed by atoms with Crippen LogP contribution in [0.25, 0.3) is 0 Å². The molecule has 0 amide bonds. The smallest absolute Gasteiger partial charge is 0.224 e. The molecule has 7 nitrogen and oxygen atoms in total. The highest BCUT2D eigenvalue weighted by Crippen LogP contribution is 2.30. The lowest BCUT2D eigenvalue weighted by Gasteiger charge is -2.34. The molecular weight excluding hydrogens is 330 g/mol. The predicted molar refractivity (Wildman–Crippen MR) is 99.9 cm³/mol. The summed E-state index contributed by atoms with van der Waals surface area (Å²) in [5.41, 5.74) is -0.222. The van der Waals surface area contributed by atoms with E-state index in [1.165, 1.54) is 0 Å². The van der Waals surface area contributed by atoms with Crippen molar-refractivity contribution in [1.29, 1.82) is 5.26 Å². The maximum absolute atomic E-state index is 10.3. The number of nitriles is 1. The molecule has 2 aliphatic rings. The molecule has 26 heavy (non-hydrogen) atoms. The molecule has 1 aromatic rings. The number of aromatic nitrogens is 2. The average molecular weight is 359 g/mol. The molecule has 1 unspecified atom stereocenters. The Morgan fingerprint density at radius 3 is 2.65 bits per heavy atom. The van der Waals surface area contributed by atoms with Crippen LogP contribution < -0.4 is 10.6 Å². The van der Waals surface area contributed by atoms with E-state index in [-0.39, 0.29) is 6.04 Å². The molecule has 0 spiro atoms. The molecule has 7 heteroatoms. The van der Waals surface area contributed by atoms with Crippen LogP contribution in [0, 0.1) is 11.3 Å². The van der Waals surface area contributed by atoms with Crippen molar-refractivity contribution in [2.24, 2.45) is 0 Å². The third-order valence-electron chi connectivity index (χ3n) is 5.54. The zero-order chi connectivity index (χ0) is 18.6. The highest BCUT2D eigenvalue weighted by Gasteiger charge is 2.30. The summed E-state index contributed by atoms with van der Waals surface area (Å²) >= 11 is 0.